The van der Waals surface area contributed by atoms with Crippen LogP contribution >= 0.6 is 11.6 Å². The average molecular weight is 382 g/mol. The standard InChI is InChI=1S/C20H20ClN5O/c1-25-19(16(21)11-23-25)17-8-7-15-18(24-17)12-26(20(15)27)14(10-22)9-13-5-3-2-4-6-13/h2-8,11,14H,9-10,12,22H2,1H3/t14-/m0/s1. The summed E-state index contributed by atoms with van der Waals surface area (Å²) in [6.45, 7) is 0.848. The van der Waals surface area contributed by atoms with Crippen LogP contribution in [0, 0.1) is 0 Å². The fraction of sp³-hybridized carbons (Fsp3) is 0.250. The van der Waals surface area contributed by atoms with E-state index >= 15 is 0 Å². The monoisotopic (exact) mass is 381 g/mol. The Bertz CT molecular complexity index is 966. The zero-order chi connectivity index (χ0) is 19.0. The minimum absolute atomic E-state index is 0.0217. The van der Waals surface area contributed by atoms with Crippen LogP contribution in [0.1, 0.15) is 21.6 Å². The van der Waals surface area contributed by atoms with Crippen molar-refractivity contribution in [1.82, 2.24) is 19.7 Å². The molecule has 27 heavy (non-hydrogen) atoms. The van der Waals surface area contributed by atoms with Crippen molar-refractivity contribution in [2.45, 2.75) is 19.0 Å². The van der Waals surface area contributed by atoms with Gasteiger partial charge in [0.25, 0.3) is 5.91 Å². The summed E-state index contributed by atoms with van der Waals surface area (Å²) in [6.07, 6.45) is 2.31. The van der Waals surface area contributed by atoms with Crippen molar-refractivity contribution in [3.05, 3.63) is 70.5 Å². The van der Waals surface area contributed by atoms with Gasteiger partial charge in [0.1, 0.15) is 5.69 Å². The summed E-state index contributed by atoms with van der Waals surface area (Å²) in [5, 5.41) is 4.69. The topological polar surface area (TPSA) is 77.0 Å². The molecule has 3 aromatic rings. The van der Waals surface area contributed by atoms with E-state index in [4.69, 9.17) is 22.3 Å². The Labute approximate surface area is 162 Å². The van der Waals surface area contributed by atoms with Gasteiger partial charge >= 0.3 is 0 Å². The Hall–Kier alpha value is -2.70. The van der Waals surface area contributed by atoms with E-state index in [-0.39, 0.29) is 11.9 Å². The molecule has 0 bridgehead atoms. The lowest BCUT2D eigenvalue weighted by molar-refractivity contribution is 0.0707. The molecule has 1 aliphatic rings. The molecule has 1 amide bonds. The van der Waals surface area contributed by atoms with E-state index in [2.05, 4.69) is 17.2 Å². The van der Waals surface area contributed by atoms with Crippen molar-refractivity contribution >= 4 is 17.5 Å². The van der Waals surface area contributed by atoms with Crippen LogP contribution < -0.4 is 5.73 Å². The summed E-state index contributed by atoms with van der Waals surface area (Å²) in [5.41, 5.74) is 9.99. The highest BCUT2D eigenvalue weighted by Crippen LogP contribution is 2.30. The summed E-state index contributed by atoms with van der Waals surface area (Å²) in [6, 6.07) is 13.6. The summed E-state index contributed by atoms with van der Waals surface area (Å²) in [5.74, 6) is -0.0217. The third kappa shape index (κ3) is 3.22. The first-order valence-electron chi connectivity index (χ1n) is 8.81. The first kappa shape index (κ1) is 17.7. The van der Waals surface area contributed by atoms with Gasteiger partial charge in [0.15, 0.2) is 0 Å². The molecular formula is C20H20ClN5O. The van der Waals surface area contributed by atoms with Gasteiger partial charge in [0, 0.05) is 19.6 Å². The molecule has 2 aromatic heterocycles. The molecule has 0 saturated heterocycles. The van der Waals surface area contributed by atoms with E-state index in [0.29, 0.717) is 29.4 Å². The van der Waals surface area contributed by atoms with Crippen molar-refractivity contribution < 1.29 is 4.79 Å². The molecule has 6 nitrogen and oxygen atoms in total. The number of carbonyl (C=O) groups is 1. The lowest BCUT2D eigenvalue weighted by Crippen LogP contribution is -2.42. The molecule has 1 atom stereocenters. The maximum atomic E-state index is 12.9. The van der Waals surface area contributed by atoms with Gasteiger partial charge in [-0.05, 0) is 24.1 Å². The molecule has 0 radical (unpaired) electrons. The van der Waals surface area contributed by atoms with Crippen molar-refractivity contribution in [3.63, 3.8) is 0 Å². The van der Waals surface area contributed by atoms with Crippen LogP contribution in [0.5, 0.6) is 0 Å². The van der Waals surface area contributed by atoms with Gasteiger partial charge in [-0.25, -0.2) is 4.98 Å². The molecule has 7 heteroatoms. The number of nitrogens with two attached hydrogens (primary N) is 1. The van der Waals surface area contributed by atoms with E-state index in [9.17, 15) is 4.79 Å². The number of amides is 1. The van der Waals surface area contributed by atoms with Crippen LogP contribution in [0.15, 0.2) is 48.7 Å². The minimum Gasteiger partial charge on any atom is -0.328 e. The van der Waals surface area contributed by atoms with Gasteiger partial charge in [-0.3, -0.25) is 9.48 Å². The number of aromatic nitrogens is 3. The van der Waals surface area contributed by atoms with Gasteiger partial charge in [-0.2, -0.15) is 5.10 Å². The molecule has 0 spiro atoms. The largest absolute Gasteiger partial charge is 0.328 e. The normalized spacial score (nSPS) is 14.5. The summed E-state index contributed by atoms with van der Waals surface area (Å²) in [4.78, 5) is 19.4. The zero-order valence-corrected chi connectivity index (χ0v) is 15.7. The predicted molar refractivity (Wildman–Crippen MR) is 104 cm³/mol. The summed E-state index contributed by atoms with van der Waals surface area (Å²) >= 11 is 6.23. The number of nitrogens with zero attached hydrogens (tertiary/aromatic N) is 4. The average Bonchev–Trinajstić information content (AvgIpc) is 3.19. The molecule has 1 aliphatic heterocycles. The summed E-state index contributed by atoms with van der Waals surface area (Å²) in [7, 11) is 1.82. The fourth-order valence-electron chi connectivity index (χ4n) is 3.54. The van der Waals surface area contributed by atoms with Crippen molar-refractivity contribution in [3.8, 4) is 11.4 Å². The van der Waals surface area contributed by atoms with Gasteiger partial charge < -0.3 is 10.6 Å². The highest BCUT2D eigenvalue weighted by atomic mass is 35.5. The SMILES string of the molecule is Cn1ncc(Cl)c1-c1ccc2c(n1)CN([C@H](CN)Cc1ccccc1)C2=O. The molecule has 4 rings (SSSR count). The number of carbonyl (C=O) groups excluding carboxylic acids is 1. The van der Waals surface area contributed by atoms with Crippen LogP contribution in [-0.4, -0.2) is 38.2 Å². The molecular weight excluding hydrogens is 362 g/mol. The number of hydrogen-bond acceptors (Lipinski definition) is 4. The molecule has 3 heterocycles. The lowest BCUT2D eigenvalue weighted by Gasteiger charge is -2.26. The van der Waals surface area contributed by atoms with E-state index in [1.165, 1.54) is 0 Å². The molecule has 0 unspecified atom stereocenters. The Morgan fingerprint density at radius 1 is 1.22 bits per heavy atom. The Balaban J connectivity index is 1.61. The van der Waals surface area contributed by atoms with Crippen LogP contribution in [0.3, 0.4) is 0 Å². The smallest absolute Gasteiger partial charge is 0.256 e. The fourth-order valence-corrected chi connectivity index (χ4v) is 3.80. The van der Waals surface area contributed by atoms with Crippen molar-refractivity contribution in [2.75, 3.05) is 6.54 Å². The van der Waals surface area contributed by atoms with E-state index < -0.39 is 0 Å². The van der Waals surface area contributed by atoms with Gasteiger partial charge in [-0.1, -0.05) is 41.9 Å². The number of aryl methyl sites for hydroxylation is 1. The quantitative estimate of drug-likeness (QED) is 0.737. The van der Waals surface area contributed by atoms with E-state index in [0.717, 1.165) is 23.4 Å². The second-order valence-corrected chi connectivity index (χ2v) is 7.07. The Morgan fingerprint density at radius 2 is 2.00 bits per heavy atom. The van der Waals surface area contributed by atoms with Crippen molar-refractivity contribution in [2.24, 2.45) is 12.8 Å². The molecule has 138 valence electrons. The first-order valence-corrected chi connectivity index (χ1v) is 9.19. The Kier molecular flexibility index (Phi) is 4.68. The number of pyridine rings is 1. The number of hydrogen-bond donors (Lipinski definition) is 1. The molecule has 1 aromatic carbocycles. The van der Waals surface area contributed by atoms with E-state index in [1.807, 2.05) is 42.3 Å². The number of rotatable bonds is 5. The minimum atomic E-state index is -0.0714. The van der Waals surface area contributed by atoms with Crippen LogP contribution in [-0.2, 0) is 20.0 Å². The van der Waals surface area contributed by atoms with E-state index in [1.54, 1.807) is 10.9 Å². The third-order valence-electron chi connectivity index (χ3n) is 4.95. The lowest BCUT2D eigenvalue weighted by atomic mass is 10.0. The van der Waals surface area contributed by atoms with Crippen LogP contribution in [0.4, 0.5) is 0 Å². The highest BCUT2D eigenvalue weighted by molar-refractivity contribution is 6.32. The molecule has 0 saturated carbocycles. The van der Waals surface area contributed by atoms with Crippen LogP contribution in [0.25, 0.3) is 11.4 Å². The van der Waals surface area contributed by atoms with Gasteiger partial charge in [-0.15, -0.1) is 0 Å². The predicted octanol–water partition coefficient (Wildman–Crippen LogP) is 2.66. The van der Waals surface area contributed by atoms with Crippen LogP contribution in [0.2, 0.25) is 5.02 Å². The highest BCUT2D eigenvalue weighted by Gasteiger charge is 2.33. The van der Waals surface area contributed by atoms with Gasteiger partial charge in [0.05, 0.1) is 34.7 Å². The third-order valence-corrected chi connectivity index (χ3v) is 5.23. The number of fused-ring (bicyclic) bond motifs is 1. The molecule has 0 aliphatic carbocycles. The maximum Gasteiger partial charge on any atom is 0.256 e. The number of halogens is 1. The summed E-state index contributed by atoms with van der Waals surface area (Å²) < 4.78 is 1.68. The second kappa shape index (κ2) is 7.13. The second-order valence-electron chi connectivity index (χ2n) is 6.67. The van der Waals surface area contributed by atoms with Gasteiger partial charge in [0.2, 0.25) is 0 Å². The molecule has 0 fully saturated rings. The molecule has 2 N–H and O–H groups in total. The van der Waals surface area contributed by atoms with Crippen molar-refractivity contribution in [1.29, 1.82) is 0 Å². The number of benzene rings is 1. The zero-order valence-electron chi connectivity index (χ0n) is 15.0. The Morgan fingerprint density at radius 3 is 2.67 bits per heavy atom. The maximum absolute atomic E-state index is 12.9. The first-order chi connectivity index (χ1) is 13.1.